The molecule has 2 amide bonds. The van der Waals surface area contributed by atoms with Gasteiger partial charge in [-0.2, -0.15) is 0 Å². The molecule has 140 valence electrons. The van der Waals surface area contributed by atoms with Crippen LogP contribution in [0.15, 0.2) is 42.5 Å². The van der Waals surface area contributed by atoms with E-state index < -0.39 is 0 Å². The molecule has 6 heteroatoms. The second-order valence-corrected chi connectivity index (χ2v) is 7.36. The average Bonchev–Trinajstić information content (AvgIpc) is 3.28. The van der Waals surface area contributed by atoms with E-state index >= 15 is 0 Å². The number of aryl methyl sites for hydroxylation is 2. The lowest BCUT2D eigenvalue weighted by atomic mass is 10.2. The molecule has 0 spiro atoms. The summed E-state index contributed by atoms with van der Waals surface area (Å²) in [6.45, 7) is 5.61. The summed E-state index contributed by atoms with van der Waals surface area (Å²) in [4.78, 5) is 19.7. The first-order chi connectivity index (χ1) is 13.1. The fraction of sp³-hybridized carbons (Fsp3) is 0.333. The van der Waals surface area contributed by atoms with Crippen molar-refractivity contribution in [1.29, 1.82) is 0 Å². The molecule has 0 aliphatic carbocycles. The molecule has 27 heavy (non-hydrogen) atoms. The number of para-hydroxylation sites is 2. The van der Waals surface area contributed by atoms with E-state index in [0.717, 1.165) is 48.4 Å². The Morgan fingerprint density at radius 2 is 2.11 bits per heavy atom. The molecule has 1 aromatic heterocycles. The molecular weight excluding hydrogens is 360 g/mol. The first-order valence-corrected chi connectivity index (χ1v) is 9.75. The number of anilines is 1. The Morgan fingerprint density at radius 1 is 1.30 bits per heavy atom. The summed E-state index contributed by atoms with van der Waals surface area (Å²) in [5.41, 5.74) is 3.80. The van der Waals surface area contributed by atoms with Crippen LogP contribution in [0, 0.1) is 6.92 Å². The number of carbonyl (C=O) groups excluding carboxylic acids is 1. The molecule has 1 aliphatic rings. The van der Waals surface area contributed by atoms with Gasteiger partial charge in [-0.05, 0) is 56.5 Å². The van der Waals surface area contributed by atoms with Gasteiger partial charge in [0.25, 0.3) is 0 Å². The minimum absolute atomic E-state index is 0.0155. The van der Waals surface area contributed by atoms with Crippen molar-refractivity contribution in [2.75, 3.05) is 11.9 Å². The molecule has 1 fully saturated rings. The number of rotatable bonds is 3. The number of likely N-dealkylation sites (tertiary alicyclic amines) is 1. The Morgan fingerprint density at radius 3 is 2.89 bits per heavy atom. The molecule has 0 radical (unpaired) electrons. The molecule has 4 rings (SSSR count). The second kappa shape index (κ2) is 7.24. The smallest absolute Gasteiger partial charge is 0.322 e. The van der Waals surface area contributed by atoms with Crippen molar-refractivity contribution in [3.05, 3.63) is 58.9 Å². The van der Waals surface area contributed by atoms with Crippen LogP contribution in [0.1, 0.15) is 37.2 Å². The van der Waals surface area contributed by atoms with Crippen molar-refractivity contribution < 1.29 is 4.79 Å². The first-order valence-electron chi connectivity index (χ1n) is 9.37. The number of carbonyl (C=O) groups is 1. The molecule has 1 atom stereocenters. The van der Waals surface area contributed by atoms with E-state index in [4.69, 9.17) is 16.6 Å². The predicted octanol–water partition coefficient (Wildman–Crippen LogP) is 5.39. The predicted molar refractivity (Wildman–Crippen MR) is 109 cm³/mol. The fourth-order valence-electron chi connectivity index (χ4n) is 3.82. The number of hydrogen-bond acceptors (Lipinski definition) is 2. The summed E-state index contributed by atoms with van der Waals surface area (Å²) in [5, 5.41) is 3.64. The van der Waals surface area contributed by atoms with Gasteiger partial charge in [-0.3, -0.25) is 0 Å². The number of halogens is 1. The lowest BCUT2D eigenvalue weighted by Gasteiger charge is -2.25. The van der Waals surface area contributed by atoms with Crippen molar-refractivity contribution in [3.8, 4) is 0 Å². The van der Waals surface area contributed by atoms with Crippen LogP contribution in [0.3, 0.4) is 0 Å². The summed E-state index contributed by atoms with van der Waals surface area (Å²) in [7, 11) is 0. The molecular formula is C21H23ClN4O. The third-order valence-corrected chi connectivity index (χ3v) is 5.64. The Bertz CT molecular complexity index is 997. The number of urea groups is 1. The number of nitrogens with zero attached hydrogens (tertiary/aromatic N) is 3. The van der Waals surface area contributed by atoms with E-state index in [1.54, 1.807) is 6.07 Å². The van der Waals surface area contributed by atoms with Gasteiger partial charge in [0, 0.05) is 23.8 Å². The molecule has 1 unspecified atom stereocenters. The van der Waals surface area contributed by atoms with Crippen molar-refractivity contribution in [2.24, 2.45) is 0 Å². The highest BCUT2D eigenvalue weighted by Crippen LogP contribution is 2.34. The maximum absolute atomic E-state index is 12.9. The Labute approximate surface area is 163 Å². The molecule has 1 saturated heterocycles. The summed E-state index contributed by atoms with van der Waals surface area (Å²) in [6.07, 6.45) is 1.89. The number of amides is 2. The summed E-state index contributed by atoms with van der Waals surface area (Å²) in [6, 6.07) is 13.6. The van der Waals surface area contributed by atoms with Gasteiger partial charge in [-0.25, -0.2) is 9.78 Å². The third kappa shape index (κ3) is 3.28. The molecule has 0 saturated carbocycles. The molecule has 1 N–H and O–H groups in total. The molecule has 0 bridgehead atoms. The van der Waals surface area contributed by atoms with E-state index in [1.165, 1.54) is 0 Å². The van der Waals surface area contributed by atoms with Crippen LogP contribution in [0.2, 0.25) is 5.02 Å². The minimum Gasteiger partial charge on any atom is -0.327 e. The molecule has 1 aliphatic heterocycles. The van der Waals surface area contributed by atoms with Gasteiger partial charge >= 0.3 is 6.03 Å². The van der Waals surface area contributed by atoms with Crippen molar-refractivity contribution in [3.63, 3.8) is 0 Å². The van der Waals surface area contributed by atoms with Crippen LogP contribution in [0.4, 0.5) is 10.5 Å². The number of hydrogen-bond donors (Lipinski definition) is 1. The zero-order chi connectivity index (χ0) is 19.0. The van der Waals surface area contributed by atoms with Gasteiger partial charge < -0.3 is 14.8 Å². The van der Waals surface area contributed by atoms with Gasteiger partial charge in [0.2, 0.25) is 0 Å². The first kappa shape index (κ1) is 17.9. The van der Waals surface area contributed by atoms with Gasteiger partial charge in [0.1, 0.15) is 5.82 Å². The maximum atomic E-state index is 12.9. The highest BCUT2D eigenvalue weighted by molar-refractivity contribution is 6.31. The Balaban J connectivity index is 1.62. The summed E-state index contributed by atoms with van der Waals surface area (Å²) >= 11 is 6.19. The molecule has 3 aromatic rings. The number of imidazole rings is 1. The fourth-order valence-corrected chi connectivity index (χ4v) is 4.01. The van der Waals surface area contributed by atoms with Crippen molar-refractivity contribution >= 4 is 34.4 Å². The standard InChI is InChI=1S/C21H23ClN4O/c1-3-25-18-8-5-4-7-17(18)24-20(25)19-9-6-12-26(19)21(27)23-15-11-10-14(2)16(22)13-15/h4-5,7-8,10-11,13,19H,3,6,9,12H2,1-2H3,(H,23,27). The van der Waals surface area contributed by atoms with Crippen LogP contribution < -0.4 is 5.32 Å². The monoisotopic (exact) mass is 382 g/mol. The summed E-state index contributed by atoms with van der Waals surface area (Å²) in [5.74, 6) is 0.966. The minimum atomic E-state index is -0.105. The van der Waals surface area contributed by atoms with Crippen LogP contribution in [-0.2, 0) is 6.54 Å². The second-order valence-electron chi connectivity index (χ2n) is 6.95. The highest BCUT2D eigenvalue weighted by atomic mass is 35.5. The lowest BCUT2D eigenvalue weighted by Crippen LogP contribution is -2.35. The van der Waals surface area contributed by atoms with E-state index in [0.29, 0.717) is 10.7 Å². The van der Waals surface area contributed by atoms with E-state index in [2.05, 4.69) is 22.9 Å². The summed E-state index contributed by atoms with van der Waals surface area (Å²) < 4.78 is 2.22. The highest BCUT2D eigenvalue weighted by Gasteiger charge is 2.33. The largest absolute Gasteiger partial charge is 0.327 e. The number of fused-ring (bicyclic) bond motifs is 1. The Hall–Kier alpha value is -2.53. The van der Waals surface area contributed by atoms with Crippen LogP contribution in [0.25, 0.3) is 11.0 Å². The van der Waals surface area contributed by atoms with E-state index in [-0.39, 0.29) is 12.1 Å². The number of benzene rings is 2. The third-order valence-electron chi connectivity index (χ3n) is 5.24. The maximum Gasteiger partial charge on any atom is 0.322 e. The molecule has 2 heterocycles. The van der Waals surface area contributed by atoms with Crippen molar-refractivity contribution in [2.45, 2.75) is 39.3 Å². The Kier molecular flexibility index (Phi) is 4.79. The average molecular weight is 383 g/mol. The van der Waals surface area contributed by atoms with Gasteiger partial charge in [0.05, 0.1) is 17.1 Å². The number of aromatic nitrogens is 2. The zero-order valence-electron chi connectivity index (χ0n) is 15.6. The normalized spacial score (nSPS) is 16.9. The van der Waals surface area contributed by atoms with E-state index in [1.807, 2.05) is 42.2 Å². The SMILES string of the molecule is CCn1c(C2CCCN2C(=O)Nc2ccc(C)c(Cl)c2)nc2ccccc21. The molecule has 5 nitrogen and oxygen atoms in total. The lowest BCUT2D eigenvalue weighted by molar-refractivity contribution is 0.204. The van der Waals surface area contributed by atoms with Gasteiger partial charge in [-0.15, -0.1) is 0 Å². The number of nitrogens with one attached hydrogen (secondary N) is 1. The molecule has 2 aromatic carbocycles. The van der Waals surface area contributed by atoms with Gasteiger partial charge in [0.15, 0.2) is 0 Å². The van der Waals surface area contributed by atoms with Gasteiger partial charge in [-0.1, -0.05) is 29.8 Å². The quantitative estimate of drug-likeness (QED) is 0.660. The topological polar surface area (TPSA) is 50.2 Å². The zero-order valence-corrected chi connectivity index (χ0v) is 16.3. The van der Waals surface area contributed by atoms with Crippen molar-refractivity contribution in [1.82, 2.24) is 14.5 Å². The van der Waals surface area contributed by atoms with Crippen LogP contribution in [-0.4, -0.2) is 27.0 Å². The van der Waals surface area contributed by atoms with Crippen LogP contribution >= 0.6 is 11.6 Å². The van der Waals surface area contributed by atoms with E-state index in [9.17, 15) is 4.79 Å². The van der Waals surface area contributed by atoms with Crippen LogP contribution in [0.5, 0.6) is 0 Å².